The van der Waals surface area contributed by atoms with Gasteiger partial charge in [-0.15, -0.1) is 0 Å². The molecule has 0 bridgehead atoms. The Bertz CT molecular complexity index is 660. The second-order valence-electron chi connectivity index (χ2n) is 4.04. The number of nitrogen functional groups attached to an aromatic ring is 1. The lowest BCUT2D eigenvalue weighted by molar-refractivity contribution is 0.102. The van der Waals surface area contributed by atoms with Crippen LogP contribution in [-0.2, 0) is 0 Å². The molecule has 0 aliphatic rings. The molecule has 0 spiro atoms. The predicted molar refractivity (Wildman–Crippen MR) is 81.8 cm³/mol. The Morgan fingerprint density at radius 2 is 1.90 bits per heavy atom. The SMILES string of the molecule is COc1ccc(NC(=O)c2ccc(N)cc2Cl)cc1Cl. The van der Waals surface area contributed by atoms with Gasteiger partial charge in [0.2, 0.25) is 0 Å². The Balaban J connectivity index is 2.21. The highest BCUT2D eigenvalue weighted by Gasteiger charge is 2.11. The van der Waals surface area contributed by atoms with E-state index < -0.39 is 0 Å². The minimum atomic E-state index is -0.337. The van der Waals surface area contributed by atoms with E-state index in [1.54, 1.807) is 30.3 Å². The quantitative estimate of drug-likeness (QED) is 0.847. The van der Waals surface area contributed by atoms with Crippen LogP contribution < -0.4 is 15.8 Å². The van der Waals surface area contributed by atoms with Crippen molar-refractivity contribution < 1.29 is 9.53 Å². The molecule has 0 saturated heterocycles. The molecular formula is C14H12Cl2N2O2. The summed E-state index contributed by atoms with van der Waals surface area (Å²) in [5, 5.41) is 3.41. The van der Waals surface area contributed by atoms with E-state index in [2.05, 4.69) is 5.32 Å². The zero-order valence-corrected chi connectivity index (χ0v) is 12.1. The molecule has 3 N–H and O–H groups in total. The molecule has 0 atom stereocenters. The van der Waals surface area contributed by atoms with Crippen molar-refractivity contribution in [2.75, 3.05) is 18.2 Å². The minimum Gasteiger partial charge on any atom is -0.495 e. The molecule has 0 aliphatic carbocycles. The summed E-state index contributed by atoms with van der Waals surface area (Å²) in [5.74, 6) is 0.200. The predicted octanol–water partition coefficient (Wildman–Crippen LogP) is 3.84. The summed E-state index contributed by atoms with van der Waals surface area (Å²) in [7, 11) is 1.52. The number of amides is 1. The highest BCUT2D eigenvalue weighted by Crippen LogP contribution is 2.28. The first kappa shape index (κ1) is 14.5. The van der Waals surface area contributed by atoms with Crippen LogP contribution in [0.15, 0.2) is 36.4 Å². The molecule has 2 aromatic carbocycles. The number of rotatable bonds is 3. The number of nitrogens with one attached hydrogen (secondary N) is 1. The Morgan fingerprint density at radius 3 is 2.50 bits per heavy atom. The summed E-state index contributed by atoms with van der Waals surface area (Å²) in [4.78, 5) is 12.1. The lowest BCUT2D eigenvalue weighted by Crippen LogP contribution is -2.12. The van der Waals surface area contributed by atoms with Crippen molar-refractivity contribution in [3.05, 3.63) is 52.0 Å². The molecule has 0 saturated carbocycles. The van der Waals surface area contributed by atoms with Crippen LogP contribution in [0, 0.1) is 0 Å². The van der Waals surface area contributed by atoms with Crippen LogP contribution in [0.5, 0.6) is 5.75 Å². The molecule has 0 aromatic heterocycles. The molecule has 6 heteroatoms. The van der Waals surface area contributed by atoms with Crippen LogP contribution in [-0.4, -0.2) is 13.0 Å². The molecule has 0 heterocycles. The van der Waals surface area contributed by atoms with Gasteiger partial charge in [0.05, 0.1) is 22.7 Å². The largest absolute Gasteiger partial charge is 0.495 e. The molecule has 2 rings (SSSR count). The van der Waals surface area contributed by atoms with Gasteiger partial charge in [-0.2, -0.15) is 0 Å². The smallest absolute Gasteiger partial charge is 0.257 e. The fraction of sp³-hybridized carbons (Fsp3) is 0.0714. The molecule has 0 fully saturated rings. The number of carbonyl (C=O) groups is 1. The lowest BCUT2D eigenvalue weighted by atomic mass is 10.2. The van der Waals surface area contributed by atoms with Gasteiger partial charge in [-0.05, 0) is 36.4 Å². The van der Waals surface area contributed by atoms with E-state index in [1.807, 2.05) is 0 Å². The van der Waals surface area contributed by atoms with Gasteiger partial charge in [0.1, 0.15) is 5.75 Å². The maximum absolute atomic E-state index is 12.1. The van der Waals surface area contributed by atoms with E-state index in [-0.39, 0.29) is 5.91 Å². The van der Waals surface area contributed by atoms with Crippen molar-refractivity contribution in [2.24, 2.45) is 0 Å². The molecule has 2 aromatic rings. The number of carbonyl (C=O) groups excluding carboxylic acids is 1. The van der Waals surface area contributed by atoms with E-state index in [9.17, 15) is 4.79 Å². The van der Waals surface area contributed by atoms with E-state index in [4.69, 9.17) is 33.7 Å². The van der Waals surface area contributed by atoms with Crippen LogP contribution in [0.25, 0.3) is 0 Å². The zero-order chi connectivity index (χ0) is 14.7. The number of hydrogen-bond donors (Lipinski definition) is 2. The number of nitrogens with two attached hydrogens (primary N) is 1. The van der Waals surface area contributed by atoms with Gasteiger partial charge >= 0.3 is 0 Å². The van der Waals surface area contributed by atoms with E-state index in [1.165, 1.54) is 13.2 Å². The average Bonchev–Trinajstić information content (AvgIpc) is 2.38. The highest BCUT2D eigenvalue weighted by molar-refractivity contribution is 6.35. The summed E-state index contributed by atoms with van der Waals surface area (Å²) >= 11 is 12.0. The fourth-order valence-electron chi connectivity index (χ4n) is 1.66. The molecule has 104 valence electrons. The Kier molecular flexibility index (Phi) is 4.37. The Hall–Kier alpha value is -1.91. The van der Waals surface area contributed by atoms with Crippen molar-refractivity contribution >= 4 is 40.5 Å². The number of hydrogen-bond acceptors (Lipinski definition) is 3. The van der Waals surface area contributed by atoms with Gasteiger partial charge in [0.25, 0.3) is 5.91 Å². The Labute approximate surface area is 126 Å². The molecular weight excluding hydrogens is 299 g/mol. The van der Waals surface area contributed by atoms with Crippen molar-refractivity contribution in [1.82, 2.24) is 0 Å². The Morgan fingerprint density at radius 1 is 1.15 bits per heavy atom. The van der Waals surface area contributed by atoms with Gasteiger partial charge in [0.15, 0.2) is 0 Å². The molecule has 1 amide bonds. The lowest BCUT2D eigenvalue weighted by Gasteiger charge is -2.09. The standard InChI is InChI=1S/C14H12Cl2N2O2/c1-20-13-5-3-9(7-12(13)16)18-14(19)10-4-2-8(17)6-11(10)15/h2-7H,17H2,1H3,(H,18,19). The average molecular weight is 311 g/mol. The van der Waals surface area contributed by atoms with Crippen LogP contribution in [0.4, 0.5) is 11.4 Å². The van der Waals surface area contributed by atoms with Crippen LogP contribution >= 0.6 is 23.2 Å². The van der Waals surface area contributed by atoms with Gasteiger partial charge in [-0.3, -0.25) is 4.79 Å². The van der Waals surface area contributed by atoms with Crippen molar-refractivity contribution in [3.63, 3.8) is 0 Å². The first-order chi connectivity index (χ1) is 9.51. The summed E-state index contributed by atoms with van der Waals surface area (Å²) in [6.45, 7) is 0. The molecule has 20 heavy (non-hydrogen) atoms. The van der Waals surface area contributed by atoms with Crippen molar-refractivity contribution in [2.45, 2.75) is 0 Å². The van der Waals surface area contributed by atoms with Gasteiger partial charge in [-0.25, -0.2) is 0 Å². The first-order valence-corrected chi connectivity index (χ1v) is 6.47. The summed E-state index contributed by atoms with van der Waals surface area (Å²) < 4.78 is 5.04. The minimum absolute atomic E-state index is 0.294. The zero-order valence-electron chi connectivity index (χ0n) is 10.6. The third-order valence-corrected chi connectivity index (χ3v) is 3.26. The van der Waals surface area contributed by atoms with Gasteiger partial charge in [0, 0.05) is 11.4 Å². The number of ether oxygens (including phenoxy) is 1. The maximum atomic E-state index is 12.1. The van der Waals surface area contributed by atoms with Crippen LogP contribution in [0.2, 0.25) is 10.0 Å². The number of methoxy groups -OCH3 is 1. The summed E-state index contributed by atoms with van der Waals surface area (Å²) in [6, 6.07) is 9.66. The first-order valence-electron chi connectivity index (χ1n) is 5.71. The highest BCUT2D eigenvalue weighted by atomic mass is 35.5. The fourth-order valence-corrected chi connectivity index (χ4v) is 2.19. The third-order valence-electron chi connectivity index (χ3n) is 2.65. The van der Waals surface area contributed by atoms with Crippen LogP contribution in [0.1, 0.15) is 10.4 Å². The topological polar surface area (TPSA) is 64.3 Å². The maximum Gasteiger partial charge on any atom is 0.257 e. The van der Waals surface area contributed by atoms with Gasteiger partial charge in [-0.1, -0.05) is 23.2 Å². The van der Waals surface area contributed by atoms with Gasteiger partial charge < -0.3 is 15.8 Å². The summed E-state index contributed by atoms with van der Waals surface area (Å²) in [6.07, 6.45) is 0. The number of benzene rings is 2. The molecule has 4 nitrogen and oxygen atoms in total. The second-order valence-corrected chi connectivity index (χ2v) is 4.86. The number of anilines is 2. The van der Waals surface area contributed by atoms with E-state index in [0.717, 1.165) is 0 Å². The van der Waals surface area contributed by atoms with Crippen molar-refractivity contribution in [1.29, 1.82) is 0 Å². The third kappa shape index (κ3) is 3.15. The molecule has 0 radical (unpaired) electrons. The normalized spacial score (nSPS) is 10.2. The molecule has 0 unspecified atom stereocenters. The van der Waals surface area contributed by atoms with Crippen LogP contribution in [0.3, 0.4) is 0 Å². The second kappa shape index (κ2) is 6.03. The van der Waals surface area contributed by atoms with E-state index >= 15 is 0 Å². The van der Waals surface area contributed by atoms with Crippen molar-refractivity contribution in [3.8, 4) is 5.75 Å². The monoisotopic (exact) mass is 310 g/mol. The van der Waals surface area contributed by atoms with E-state index in [0.29, 0.717) is 32.7 Å². The number of halogens is 2. The molecule has 0 aliphatic heterocycles. The summed E-state index contributed by atoms with van der Waals surface area (Å²) in [5.41, 5.74) is 6.97.